The average Bonchev–Trinajstić information content (AvgIpc) is 3.27. The SMILES string of the molecule is COCC(C)NC(=O)c1cc(-c2ccc(F)cc2)nc2c1c(C)nn2C1CCS(=O)(=O)C1. The van der Waals surface area contributed by atoms with Crippen molar-refractivity contribution in [2.75, 3.05) is 25.2 Å². The Hall–Kier alpha value is -2.85. The van der Waals surface area contributed by atoms with Gasteiger partial charge in [0.1, 0.15) is 5.82 Å². The van der Waals surface area contributed by atoms with Gasteiger partial charge in [-0.25, -0.2) is 22.5 Å². The number of benzene rings is 1. The number of hydrogen-bond donors (Lipinski definition) is 1. The molecule has 0 radical (unpaired) electrons. The van der Waals surface area contributed by atoms with E-state index in [0.717, 1.165) is 0 Å². The van der Waals surface area contributed by atoms with E-state index in [1.54, 1.807) is 36.9 Å². The van der Waals surface area contributed by atoms with Crippen LogP contribution in [0.5, 0.6) is 0 Å². The molecule has 1 N–H and O–H groups in total. The predicted molar refractivity (Wildman–Crippen MR) is 119 cm³/mol. The van der Waals surface area contributed by atoms with Gasteiger partial charge in [0.25, 0.3) is 5.91 Å². The van der Waals surface area contributed by atoms with Crippen LogP contribution < -0.4 is 5.32 Å². The normalized spacial score (nSPS) is 18.7. The highest BCUT2D eigenvalue weighted by atomic mass is 32.2. The molecular weight excluding hydrogens is 435 g/mol. The summed E-state index contributed by atoms with van der Waals surface area (Å²) in [4.78, 5) is 17.9. The van der Waals surface area contributed by atoms with Crippen molar-refractivity contribution in [1.29, 1.82) is 0 Å². The molecule has 1 aromatic carbocycles. The number of sulfone groups is 1. The summed E-state index contributed by atoms with van der Waals surface area (Å²) in [6.45, 7) is 3.96. The molecule has 0 aliphatic carbocycles. The van der Waals surface area contributed by atoms with E-state index in [1.165, 1.54) is 12.1 Å². The second-order valence-corrected chi connectivity index (χ2v) is 10.4. The van der Waals surface area contributed by atoms with Crippen LogP contribution in [0.2, 0.25) is 0 Å². The Labute approximate surface area is 185 Å². The van der Waals surface area contributed by atoms with E-state index in [-0.39, 0.29) is 35.3 Å². The number of carbonyl (C=O) groups is 1. The fraction of sp³-hybridized carbons (Fsp3) is 0.409. The molecule has 170 valence electrons. The van der Waals surface area contributed by atoms with Crippen LogP contribution in [0.4, 0.5) is 4.39 Å². The fourth-order valence-electron chi connectivity index (χ4n) is 4.08. The van der Waals surface area contributed by atoms with Crippen LogP contribution in [-0.4, -0.2) is 60.4 Å². The maximum atomic E-state index is 13.5. The number of fused-ring (bicyclic) bond motifs is 1. The number of methoxy groups -OCH3 is 1. The summed E-state index contributed by atoms with van der Waals surface area (Å²) in [5, 5.41) is 8.05. The number of nitrogens with one attached hydrogen (secondary N) is 1. The lowest BCUT2D eigenvalue weighted by Gasteiger charge is -2.15. The van der Waals surface area contributed by atoms with Gasteiger partial charge < -0.3 is 10.1 Å². The standard InChI is InChI=1S/C22H25FN4O4S/c1-13(11-31-3)24-22(28)18-10-19(15-4-6-16(23)7-5-15)25-21-20(18)14(2)26-27(21)17-8-9-32(29,30)12-17/h4-7,10,13,17H,8-9,11-12H2,1-3H3,(H,24,28). The second-order valence-electron chi connectivity index (χ2n) is 8.18. The lowest BCUT2D eigenvalue weighted by molar-refractivity contribution is 0.0907. The lowest BCUT2D eigenvalue weighted by atomic mass is 10.0. The van der Waals surface area contributed by atoms with Crippen LogP contribution in [0.1, 0.15) is 35.4 Å². The molecule has 1 saturated heterocycles. The van der Waals surface area contributed by atoms with Gasteiger partial charge in [-0.1, -0.05) is 0 Å². The molecular formula is C22H25FN4O4S. The van der Waals surface area contributed by atoms with Crippen LogP contribution in [0, 0.1) is 12.7 Å². The van der Waals surface area contributed by atoms with Gasteiger partial charge in [0.05, 0.1) is 46.5 Å². The van der Waals surface area contributed by atoms with E-state index in [0.29, 0.717) is 46.6 Å². The van der Waals surface area contributed by atoms with E-state index in [4.69, 9.17) is 9.72 Å². The first-order valence-corrected chi connectivity index (χ1v) is 12.2. The van der Waals surface area contributed by atoms with Gasteiger partial charge in [0.2, 0.25) is 0 Å². The summed E-state index contributed by atoms with van der Waals surface area (Å²) in [5.41, 5.74) is 2.52. The highest BCUT2D eigenvalue weighted by Crippen LogP contribution is 2.32. The Bertz CT molecular complexity index is 1270. The van der Waals surface area contributed by atoms with Crippen LogP contribution in [-0.2, 0) is 14.6 Å². The Morgan fingerprint density at radius 3 is 2.69 bits per heavy atom. The number of carbonyl (C=O) groups excluding carboxylic acids is 1. The third kappa shape index (κ3) is 4.37. The summed E-state index contributed by atoms with van der Waals surface area (Å²) in [6.07, 6.45) is 0.438. The molecule has 0 bridgehead atoms. The Morgan fingerprint density at radius 1 is 1.34 bits per heavy atom. The van der Waals surface area contributed by atoms with Crippen LogP contribution in [0.15, 0.2) is 30.3 Å². The third-order valence-corrected chi connectivity index (χ3v) is 7.32. The van der Waals surface area contributed by atoms with E-state index in [9.17, 15) is 17.6 Å². The summed E-state index contributed by atoms with van der Waals surface area (Å²) in [7, 11) is -1.58. The van der Waals surface area contributed by atoms with E-state index in [2.05, 4.69) is 10.4 Å². The number of nitrogens with zero attached hydrogens (tertiary/aromatic N) is 3. The monoisotopic (exact) mass is 460 g/mol. The quantitative estimate of drug-likeness (QED) is 0.607. The van der Waals surface area contributed by atoms with Crippen LogP contribution in [0.3, 0.4) is 0 Å². The lowest BCUT2D eigenvalue weighted by Crippen LogP contribution is -2.35. The van der Waals surface area contributed by atoms with Gasteiger partial charge in [0.15, 0.2) is 15.5 Å². The maximum absolute atomic E-state index is 13.5. The van der Waals surface area contributed by atoms with E-state index >= 15 is 0 Å². The van der Waals surface area contributed by atoms with Crippen molar-refractivity contribution in [2.45, 2.75) is 32.4 Å². The summed E-state index contributed by atoms with van der Waals surface area (Å²) in [6, 6.07) is 6.92. The molecule has 4 rings (SSSR count). The molecule has 2 unspecified atom stereocenters. The van der Waals surface area contributed by atoms with E-state index < -0.39 is 9.84 Å². The third-order valence-electron chi connectivity index (χ3n) is 5.57. The van der Waals surface area contributed by atoms with Crippen molar-refractivity contribution in [2.24, 2.45) is 0 Å². The number of hydrogen-bond acceptors (Lipinski definition) is 6. The highest BCUT2D eigenvalue weighted by molar-refractivity contribution is 7.91. The summed E-state index contributed by atoms with van der Waals surface area (Å²) >= 11 is 0. The zero-order valence-corrected chi connectivity index (χ0v) is 18.9. The highest BCUT2D eigenvalue weighted by Gasteiger charge is 2.32. The molecule has 1 aliphatic rings. The van der Waals surface area contributed by atoms with Gasteiger partial charge in [-0.15, -0.1) is 0 Å². The molecule has 0 spiro atoms. The first-order chi connectivity index (χ1) is 15.2. The molecule has 10 heteroatoms. The zero-order chi connectivity index (χ0) is 23.0. The topological polar surface area (TPSA) is 103 Å². The predicted octanol–water partition coefficient (Wildman–Crippen LogP) is 2.67. The minimum Gasteiger partial charge on any atom is -0.383 e. The zero-order valence-electron chi connectivity index (χ0n) is 18.1. The Balaban J connectivity index is 1.88. The number of rotatable bonds is 6. The molecule has 1 aliphatic heterocycles. The van der Waals surface area contributed by atoms with Gasteiger partial charge in [-0.2, -0.15) is 5.10 Å². The van der Waals surface area contributed by atoms with Crippen LogP contribution >= 0.6 is 0 Å². The smallest absolute Gasteiger partial charge is 0.252 e. The van der Waals surface area contributed by atoms with Gasteiger partial charge in [-0.3, -0.25) is 4.79 Å². The number of pyridine rings is 1. The largest absolute Gasteiger partial charge is 0.383 e. The van der Waals surface area contributed by atoms with Crippen molar-refractivity contribution in [1.82, 2.24) is 20.1 Å². The van der Waals surface area contributed by atoms with Gasteiger partial charge >= 0.3 is 0 Å². The minimum absolute atomic E-state index is 0.0158. The molecule has 1 amide bonds. The van der Waals surface area contributed by atoms with Crippen LogP contribution in [0.25, 0.3) is 22.3 Å². The van der Waals surface area contributed by atoms with Gasteiger partial charge in [-0.05, 0) is 50.6 Å². The first-order valence-electron chi connectivity index (χ1n) is 10.3. The fourth-order valence-corrected chi connectivity index (χ4v) is 5.77. The molecule has 3 heterocycles. The molecule has 1 fully saturated rings. The second kappa shape index (κ2) is 8.59. The minimum atomic E-state index is -3.14. The number of aromatic nitrogens is 3. The number of aryl methyl sites for hydroxylation is 1. The Kier molecular flexibility index (Phi) is 6.00. The molecule has 0 saturated carbocycles. The molecule has 2 aromatic heterocycles. The maximum Gasteiger partial charge on any atom is 0.252 e. The van der Waals surface area contributed by atoms with E-state index in [1.807, 2.05) is 6.92 Å². The molecule has 8 nitrogen and oxygen atoms in total. The van der Waals surface area contributed by atoms with Crippen molar-refractivity contribution in [3.63, 3.8) is 0 Å². The first kappa shape index (κ1) is 22.3. The number of amides is 1. The van der Waals surface area contributed by atoms with Crippen molar-refractivity contribution in [3.8, 4) is 11.3 Å². The summed E-state index contributed by atoms with van der Waals surface area (Å²) < 4.78 is 44.3. The number of halogens is 1. The average molecular weight is 461 g/mol. The molecule has 32 heavy (non-hydrogen) atoms. The summed E-state index contributed by atoms with van der Waals surface area (Å²) in [5.74, 6) is -0.611. The molecule has 3 aromatic rings. The Morgan fingerprint density at radius 2 is 2.06 bits per heavy atom. The van der Waals surface area contributed by atoms with Crippen molar-refractivity contribution in [3.05, 3.63) is 47.4 Å². The van der Waals surface area contributed by atoms with Crippen molar-refractivity contribution < 1.29 is 22.3 Å². The van der Waals surface area contributed by atoms with Gasteiger partial charge in [0, 0.05) is 18.7 Å². The van der Waals surface area contributed by atoms with Crippen molar-refractivity contribution >= 4 is 26.8 Å². The molecule has 2 atom stereocenters. The number of ether oxygens (including phenoxy) is 1.